The van der Waals surface area contributed by atoms with Crippen molar-refractivity contribution in [3.63, 3.8) is 0 Å². The molecular formula is C16H13N3O2S. The minimum absolute atomic E-state index is 0.259. The number of fused-ring (bicyclic) bond motifs is 1. The number of hydrogen-bond acceptors (Lipinski definition) is 4. The Morgan fingerprint density at radius 2 is 2.27 bits per heavy atom. The first kappa shape index (κ1) is 13.2. The lowest BCUT2D eigenvalue weighted by Crippen LogP contribution is -2.10. The summed E-state index contributed by atoms with van der Waals surface area (Å²) >= 11 is 1.77. The summed E-state index contributed by atoms with van der Waals surface area (Å²) in [6.07, 6.45) is 3.54. The summed E-state index contributed by atoms with van der Waals surface area (Å²) in [6, 6.07) is 11.0. The molecule has 3 heterocycles. The van der Waals surface area contributed by atoms with Gasteiger partial charge in [0, 0.05) is 29.7 Å². The number of benzene rings is 1. The van der Waals surface area contributed by atoms with Crippen molar-refractivity contribution in [2.24, 2.45) is 0 Å². The summed E-state index contributed by atoms with van der Waals surface area (Å²) in [4.78, 5) is 16.6. The van der Waals surface area contributed by atoms with E-state index >= 15 is 0 Å². The summed E-state index contributed by atoms with van der Waals surface area (Å²) in [5.41, 5.74) is 2.63. The molecule has 0 saturated carbocycles. The minimum Gasteiger partial charge on any atom is -0.459 e. The normalized spacial score (nSPS) is 13.1. The molecule has 5 nitrogen and oxygen atoms in total. The van der Waals surface area contributed by atoms with Crippen LogP contribution < -0.4 is 5.32 Å². The first-order valence-corrected chi connectivity index (χ1v) is 7.93. The van der Waals surface area contributed by atoms with E-state index < -0.39 is 0 Å². The molecule has 0 saturated heterocycles. The van der Waals surface area contributed by atoms with Crippen LogP contribution in [0.2, 0.25) is 0 Å². The van der Waals surface area contributed by atoms with Gasteiger partial charge in [-0.3, -0.25) is 4.79 Å². The highest BCUT2D eigenvalue weighted by Crippen LogP contribution is 2.29. The van der Waals surface area contributed by atoms with Crippen molar-refractivity contribution in [2.75, 3.05) is 11.1 Å². The van der Waals surface area contributed by atoms with Crippen LogP contribution >= 0.6 is 11.8 Å². The zero-order valence-corrected chi connectivity index (χ0v) is 12.5. The third kappa shape index (κ3) is 2.42. The lowest BCUT2D eigenvalue weighted by atomic mass is 10.1. The van der Waals surface area contributed by atoms with Crippen LogP contribution in [0.5, 0.6) is 0 Å². The first-order chi connectivity index (χ1) is 10.8. The van der Waals surface area contributed by atoms with Crippen molar-refractivity contribution < 1.29 is 9.21 Å². The molecular weight excluding hydrogens is 298 g/mol. The molecule has 2 aromatic heterocycles. The molecule has 0 spiro atoms. The number of thioether (sulfide) groups is 1. The standard InChI is InChI=1S/C16H13N3O2S/c20-15(14-5-2-7-21-14)17-12-4-1-3-11(9-12)13-10-19-6-8-22-16(19)18-13/h1-5,7,9-10H,6,8H2,(H,17,20). The first-order valence-electron chi connectivity index (χ1n) is 6.95. The van der Waals surface area contributed by atoms with Crippen molar-refractivity contribution in [3.8, 4) is 11.3 Å². The Morgan fingerprint density at radius 1 is 1.32 bits per heavy atom. The summed E-state index contributed by atoms with van der Waals surface area (Å²) in [6.45, 7) is 1.00. The molecule has 0 aliphatic carbocycles. The number of amides is 1. The van der Waals surface area contributed by atoms with Crippen LogP contribution in [0.25, 0.3) is 11.3 Å². The van der Waals surface area contributed by atoms with Gasteiger partial charge >= 0.3 is 0 Å². The second-order valence-corrected chi connectivity index (χ2v) is 6.02. The van der Waals surface area contributed by atoms with Gasteiger partial charge in [0.15, 0.2) is 10.9 Å². The maximum atomic E-state index is 12.0. The van der Waals surface area contributed by atoms with Crippen molar-refractivity contribution >= 4 is 23.4 Å². The molecule has 0 bridgehead atoms. The Bertz CT molecular complexity index is 802. The monoisotopic (exact) mass is 311 g/mol. The molecule has 0 radical (unpaired) electrons. The van der Waals surface area contributed by atoms with Crippen molar-refractivity contribution in [1.29, 1.82) is 0 Å². The number of rotatable bonds is 3. The third-order valence-corrected chi connectivity index (χ3v) is 4.44. The van der Waals surface area contributed by atoms with Gasteiger partial charge in [-0.25, -0.2) is 4.98 Å². The van der Waals surface area contributed by atoms with Crippen LogP contribution in [0.4, 0.5) is 5.69 Å². The molecule has 1 N–H and O–H groups in total. The molecule has 4 rings (SSSR count). The lowest BCUT2D eigenvalue weighted by Gasteiger charge is -2.05. The van der Waals surface area contributed by atoms with Crippen LogP contribution in [0.15, 0.2) is 58.4 Å². The number of carbonyl (C=O) groups is 1. The molecule has 0 atom stereocenters. The topological polar surface area (TPSA) is 60.1 Å². The molecule has 3 aromatic rings. The maximum absolute atomic E-state index is 12.0. The summed E-state index contributed by atoms with van der Waals surface area (Å²) in [7, 11) is 0. The number of nitrogens with one attached hydrogen (secondary N) is 1. The zero-order valence-electron chi connectivity index (χ0n) is 11.7. The van der Waals surface area contributed by atoms with Gasteiger partial charge < -0.3 is 14.3 Å². The quantitative estimate of drug-likeness (QED) is 0.804. The number of aromatic nitrogens is 2. The van der Waals surface area contributed by atoms with E-state index in [1.54, 1.807) is 23.9 Å². The van der Waals surface area contributed by atoms with Crippen LogP contribution in [-0.4, -0.2) is 21.2 Å². The van der Waals surface area contributed by atoms with Crippen molar-refractivity contribution in [3.05, 3.63) is 54.6 Å². The van der Waals surface area contributed by atoms with Gasteiger partial charge in [-0.2, -0.15) is 0 Å². The lowest BCUT2D eigenvalue weighted by molar-refractivity contribution is 0.0996. The molecule has 1 amide bonds. The molecule has 6 heteroatoms. The average Bonchev–Trinajstić information content (AvgIpc) is 3.24. The Hall–Kier alpha value is -2.47. The van der Waals surface area contributed by atoms with Crippen LogP contribution in [0.1, 0.15) is 10.6 Å². The van der Waals surface area contributed by atoms with E-state index in [9.17, 15) is 4.79 Å². The number of carbonyl (C=O) groups excluding carboxylic acids is 1. The highest BCUT2D eigenvalue weighted by atomic mass is 32.2. The van der Waals surface area contributed by atoms with Crippen LogP contribution in [-0.2, 0) is 6.54 Å². The Labute approximate surface area is 131 Å². The molecule has 1 aliphatic heterocycles. The van der Waals surface area contributed by atoms with Gasteiger partial charge in [0.2, 0.25) is 0 Å². The van der Waals surface area contributed by atoms with Gasteiger partial charge in [-0.15, -0.1) is 0 Å². The average molecular weight is 311 g/mol. The fourth-order valence-electron chi connectivity index (χ4n) is 2.41. The Morgan fingerprint density at radius 3 is 3.09 bits per heavy atom. The van der Waals surface area contributed by atoms with Gasteiger partial charge in [0.05, 0.1) is 12.0 Å². The van der Waals surface area contributed by atoms with E-state index in [0.29, 0.717) is 5.76 Å². The SMILES string of the molecule is O=C(Nc1cccc(-c2cn3c(n2)SCC3)c1)c1ccco1. The van der Waals surface area contributed by atoms with Gasteiger partial charge in [-0.1, -0.05) is 23.9 Å². The van der Waals surface area contributed by atoms with E-state index in [-0.39, 0.29) is 5.91 Å². The van der Waals surface area contributed by atoms with Crippen molar-refractivity contribution in [1.82, 2.24) is 9.55 Å². The van der Waals surface area contributed by atoms with Crippen LogP contribution in [0, 0.1) is 0 Å². The van der Waals surface area contributed by atoms with E-state index in [1.807, 2.05) is 24.3 Å². The van der Waals surface area contributed by atoms with Gasteiger partial charge in [0.1, 0.15) is 0 Å². The van der Waals surface area contributed by atoms with E-state index in [4.69, 9.17) is 4.42 Å². The third-order valence-electron chi connectivity index (χ3n) is 3.46. The second-order valence-electron chi connectivity index (χ2n) is 4.96. The summed E-state index contributed by atoms with van der Waals surface area (Å²) < 4.78 is 7.25. The number of imidazole rings is 1. The summed E-state index contributed by atoms with van der Waals surface area (Å²) in [5.74, 6) is 1.12. The molecule has 0 unspecified atom stereocenters. The van der Waals surface area contributed by atoms with Gasteiger partial charge in [-0.05, 0) is 24.3 Å². The Kier molecular flexibility index (Phi) is 3.23. The largest absolute Gasteiger partial charge is 0.459 e. The molecule has 22 heavy (non-hydrogen) atoms. The highest BCUT2D eigenvalue weighted by molar-refractivity contribution is 7.99. The van der Waals surface area contributed by atoms with E-state index in [2.05, 4.69) is 21.1 Å². The van der Waals surface area contributed by atoms with E-state index in [0.717, 1.165) is 34.4 Å². The fourth-order valence-corrected chi connectivity index (χ4v) is 3.35. The van der Waals surface area contributed by atoms with Crippen LogP contribution in [0.3, 0.4) is 0 Å². The minimum atomic E-state index is -0.259. The molecule has 110 valence electrons. The fraction of sp³-hybridized carbons (Fsp3) is 0.125. The number of furan rings is 1. The predicted octanol–water partition coefficient (Wildman–Crippen LogP) is 3.50. The highest BCUT2D eigenvalue weighted by Gasteiger charge is 2.15. The molecule has 0 fully saturated rings. The van der Waals surface area contributed by atoms with Gasteiger partial charge in [0.25, 0.3) is 5.91 Å². The zero-order chi connectivity index (χ0) is 14.9. The van der Waals surface area contributed by atoms with E-state index in [1.165, 1.54) is 6.26 Å². The maximum Gasteiger partial charge on any atom is 0.291 e. The predicted molar refractivity (Wildman–Crippen MR) is 85.0 cm³/mol. The second kappa shape index (κ2) is 5.38. The molecule has 1 aliphatic rings. The number of anilines is 1. The van der Waals surface area contributed by atoms with Crippen molar-refractivity contribution in [2.45, 2.75) is 11.7 Å². The number of nitrogens with zero attached hydrogens (tertiary/aromatic N) is 2. The number of hydrogen-bond donors (Lipinski definition) is 1. The number of aryl methyl sites for hydroxylation is 1. The Balaban J connectivity index is 1.59. The summed E-state index contributed by atoms with van der Waals surface area (Å²) in [5, 5.41) is 3.89. The smallest absolute Gasteiger partial charge is 0.291 e. The molecule has 1 aromatic carbocycles.